The van der Waals surface area contributed by atoms with E-state index in [1.165, 1.54) is 44.9 Å². The van der Waals surface area contributed by atoms with Crippen LogP contribution in [0.5, 0.6) is 0 Å². The number of hydrogen-bond donors (Lipinski definition) is 0. The Labute approximate surface area is 111 Å². The highest BCUT2D eigenvalue weighted by molar-refractivity contribution is 4.62. The van der Waals surface area contributed by atoms with E-state index in [-0.39, 0.29) is 0 Å². The maximum Gasteiger partial charge on any atom is -0.0440 e. The van der Waals surface area contributed by atoms with Crippen LogP contribution >= 0.6 is 0 Å². The minimum atomic E-state index is 0.868. The molecule has 0 saturated heterocycles. The second kappa shape index (κ2) is 9.97. The molecule has 0 nitrogen and oxygen atoms in total. The van der Waals surface area contributed by atoms with Crippen molar-refractivity contribution in [3.05, 3.63) is 0 Å². The van der Waals surface area contributed by atoms with Gasteiger partial charge in [0.15, 0.2) is 0 Å². The molecule has 0 aromatic rings. The van der Waals surface area contributed by atoms with Gasteiger partial charge in [-0.1, -0.05) is 73.6 Å². The third-order valence-corrected chi connectivity index (χ3v) is 3.85. The van der Waals surface area contributed by atoms with Gasteiger partial charge in [0.1, 0.15) is 0 Å². The molecule has 0 saturated carbocycles. The Bertz CT molecular complexity index is 159. The van der Waals surface area contributed by atoms with Crippen LogP contribution in [-0.2, 0) is 0 Å². The molecule has 0 rings (SSSR count). The zero-order valence-corrected chi connectivity index (χ0v) is 13.3. The lowest BCUT2D eigenvalue weighted by atomic mass is 9.88. The molecule has 0 aromatic heterocycles. The summed E-state index contributed by atoms with van der Waals surface area (Å²) in [5.41, 5.74) is 0. The molecule has 0 spiro atoms. The van der Waals surface area contributed by atoms with E-state index in [1.807, 2.05) is 0 Å². The molecule has 0 fully saturated rings. The average molecular weight is 240 g/mol. The fraction of sp³-hybridized carbons (Fsp3) is 1.00. The Kier molecular flexibility index (Phi) is 9.97. The van der Waals surface area contributed by atoms with Gasteiger partial charge in [0, 0.05) is 0 Å². The summed E-state index contributed by atoms with van der Waals surface area (Å²) >= 11 is 0. The second-order valence-corrected chi connectivity index (χ2v) is 6.90. The van der Waals surface area contributed by atoms with Gasteiger partial charge in [-0.25, -0.2) is 0 Å². The Morgan fingerprint density at radius 3 is 1.59 bits per heavy atom. The van der Waals surface area contributed by atoms with E-state index in [2.05, 4.69) is 41.5 Å². The van der Waals surface area contributed by atoms with Crippen LogP contribution in [0.2, 0.25) is 0 Å². The molecule has 0 heteroatoms. The van der Waals surface area contributed by atoms with Crippen molar-refractivity contribution >= 4 is 0 Å². The summed E-state index contributed by atoms with van der Waals surface area (Å²) in [6.45, 7) is 14.3. The highest BCUT2D eigenvalue weighted by Gasteiger charge is 2.10. The first-order chi connectivity index (χ1) is 7.95. The minimum absolute atomic E-state index is 0.868. The average Bonchev–Trinajstić information content (AvgIpc) is 2.16. The van der Waals surface area contributed by atoms with Crippen molar-refractivity contribution in [2.24, 2.45) is 23.7 Å². The molecule has 17 heavy (non-hydrogen) atoms. The quantitative estimate of drug-likeness (QED) is 0.420. The Morgan fingerprint density at radius 1 is 0.647 bits per heavy atom. The van der Waals surface area contributed by atoms with Crippen LogP contribution in [0.1, 0.15) is 86.5 Å². The van der Waals surface area contributed by atoms with E-state index >= 15 is 0 Å². The zero-order chi connectivity index (χ0) is 13.3. The lowest BCUT2D eigenvalue weighted by molar-refractivity contribution is 0.342. The highest BCUT2D eigenvalue weighted by Crippen LogP contribution is 2.23. The van der Waals surface area contributed by atoms with Crippen LogP contribution in [0.3, 0.4) is 0 Å². The monoisotopic (exact) mass is 240 g/mol. The summed E-state index contributed by atoms with van der Waals surface area (Å²) in [4.78, 5) is 0. The van der Waals surface area contributed by atoms with Crippen molar-refractivity contribution in [1.82, 2.24) is 0 Å². The van der Waals surface area contributed by atoms with Gasteiger partial charge in [-0.2, -0.15) is 0 Å². The summed E-state index contributed by atoms with van der Waals surface area (Å²) in [7, 11) is 0. The molecular formula is C17H36. The lowest BCUT2D eigenvalue weighted by Crippen LogP contribution is -2.05. The number of hydrogen-bond acceptors (Lipinski definition) is 0. The van der Waals surface area contributed by atoms with Crippen LogP contribution in [-0.4, -0.2) is 0 Å². The molecule has 0 amide bonds. The third kappa shape index (κ3) is 10.9. The smallest absolute Gasteiger partial charge is 0.0440 e. The van der Waals surface area contributed by atoms with E-state index in [0.717, 1.165) is 23.7 Å². The maximum absolute atomic E-state index is 2.44. The van der Waals surface area contributed by atoms with Gasteiger partial charge in [-0.3, -0.25) is 0 Å². The molecule has 0 bridgehead atoms. The van der Waals surface area contributed by atoms with E-state index in [1.54, 1.807) is 0 Å². The van der Waals surface area contributed by atoms with Crippen LogP contribution < -0.4 is 0 Å². The first-order valence-electron chi connectivity index (χ1n) is 7.95. The summed E-state index contributed by atoms with van der Waals surface area (Å²) in [5, 5.41) is 0. The Morgan fingerprint density at radius 2 is 1.12 bits per heavy atom. The first-order valence-corrected chi connectivity index (χ1v) is 7.95. The van der Waals surface area contributed by atoms with Crippen LogP contribution in [0.15, 0.2) is 0 Å². The van der Waals surface area contributed by atoms with Crippen molar-refractivity contribution < 1.29 is 0 Å². The molecular weight excluding hydrogens is 204 g/mol. The SMILES string of the molecule is CCCC(C)CC(C)CCCC(C)CC(C)C. The second-order valence-electron chi connectivity index (χ2n) is 6.90. The zero-order valence-electron chi connectivity index (χ0n) is 13.3. The van der Waals surface area contributed by atoms with Crippen LogP contribution in [0, 0.1) is 23.7 Å². The summed E-state index contributed by atoms with van der Waals surface area (Å²) in [6.07, 6.45) is 9.91. The number of rotatable bonds is 10. The maximum atomic E-state index is 2.44. The molecule has 0 aromatic carbocycles. The van der Waals surface area contributed by atoms with Gasteiger partial charge in [-0.05, 0) is 36.5 Å². The van der Waals surface area contributed by atoms with Gasteiger partial charge in [0.25, 0.3) is 0 Å². The predicted octanol–water partition coefficient (Wildman–Crippen LogP) is 6.30. The topological polar surface area (TPSA) is 0 Å². The summed E-state index contributed by atoms with van der Waals surface area (Å²) in [6, 6.07) is 0. The van der Waals surface area contributed by atoms with E-state index < -0.39 is 0 Å². The molecule has 0 heterocycles. The third-order valence-electron chi connectivity index (χ3n) is 3.85. The minimum Gasteiger partial charge on any atom is -0.0654 e. The fourth-order valence-corrected chi connectivity index (χ4v) is 3.15. The van der Waals surface area contributed by atoms with Crippen LogP contribution in [0.4, 0.5) is 0 Å². The molecule has 3 atom stereocenters. The standard InChI is InChI=1S/C17H36/c1-7-9-15(4)13-17(6)11-8-10-16(5)12-14(2)3/h14-17H,7-13H2,1-6H3. The van der Waals surface area contributed by atoms with Gasteiger partial charge in [0.05, 0.1) is 0 Å². The van der Waals surface area contributed by atoms with Gasteiger partial charge in [-0.15, -0.1) is 0 Å². The van der Waals surface area contributed by atoms with Crippen molar-refractivity contribution in [1.29, 1.82) is 0 Å². The van der Waals surface area contributed by atoms with Crippen LogP contribution in [0.25, 0.3) is 0 Å². The van der Waals surface area contributed by atoms with E-state index in [4.69, 9.17) is 0 Å². The predicted molar refractivity (Wildman–Crippen MR) is 80.3 cm³/mol. The Balaban J connectivity index is 3.53. The molecule has 0 aliphatic heterocycles. The highest BCUT2D eigenvalue weighted by atomic mass is 14.2. The van der Waals surface area contributed by atoms with Gasteiger partial charge in [0.2, 0.25) is 0 Å². The molecule has 0 radical (unpaired) electrons. The summed E-state index contributed by atoms with van der Waals surface area (Å²) in [5.74, 6) is 3.66. The van der Waals surface area contributed by atoms with Gasteiger partial charge >= 0.3 is 0 Å². The van der Waals surface area contributed by atoms with Crippen molar-refractivity contribution in [2.75, 3.05) is 0 Å². The molecule has 3 unspecified atom stereocenters. The Hall–Kier alpha value is 0. The molecule has 0 aliphatic rings. The first kappa shape index (κ1) is 17.0. The van der Waals surface area contributed by atoms with Gasteiger partial charge < -0.3 is 0 Å². The fourth-order valence-electron chi connectivity index (χ4n) is 3.15. The largest absolute Gasteiger partial charge is 0.0654 e. The van der Waals surface area contributed by atoms with Crippen molar-refractivity contribution in [2.45, 2.75) is 86.5 Å². The normalized spacial score (nSPS) is 17.1. The van der Waals surface area contributed by atoms with E-state index in [9.17, 15) is 0 Å². The molecule has 0 N–H and O–H groups in total. The van der Waals surface area contributed by atoms with Crippen molar-refractivity contribution in [3.63, 3.8) is 0 Å². The van der Waals surface area contributed by atoms with Crippen molar-refractivity contribution in [3.8, 4) is 0 Å². The molecule has 104 valence electrons. The summed E-state index contributed by atoms with van der Waals surface area (Å²) < 4.78 is 0. The lowest BCUT2D eigenvalue weighted by Gasteiger charge is -2.18. The molecule has 0 aliphatic carbocycles. The van der Waals surface area contributed by atoms with E-state index in [0.29, 0.717) is 0 Å².